The summed E-state index contributed by atoms with van der Waals surface area (Å²) in [6, 6.07) is 5.19. The lowest BCUT2D eigenvalue weighted by atomic mass is 10.2. The van der Waals surface area contributed by atoms with E-state index in [0.29, 0.717) is 32.4 Å². The summed E-state index contributed by atoms with van der Waals surface area (Å²) in [7, 11) is 1.73. The van der Waals surface area contributed by atoms with Gasteiger partial charge in [-0.2, -0.15) is 5.10 Å². The second kappa shape index (κ2) is 5.22. The first-order chi connectivity index (χ1) is 8.90. The van der Waals surface area contributed by atoms with Crippen LogP contribution in [0.25, 0.3) is 0 Å². The fourth-order valence-electron chi connectivity index (χ4n) is 1.73. The van der Waals surface area contributed by atoms with Crippen LogP contribution in [-0.2, 0) is 7.05 Å². The number of benzene rings is 1. The van der Waals surface area contributed by atoms with Crippen molar-refractivity contribution >= 4 is 33.4 Å². The molecule has 0 aliphatic carbocycles. The number of nitrogen functional groups attached to an aromatic ring is 1. The van der Waals surface area contributed by atoms with Gasteiger partial charge in [0.1, 0.15) is 17.1 Å². The van der Waals surface area contributed by atoms with Crippen molar-refractivity contribution in [2.45, 2.75) is 6.92 Å². The van der Waals surface area contributed by atoms with E-state index in [4.69, 9.17) is 27.5 Å². The molecule has 2 rings (SSSR count). The van der Waals surface area contributed by atoms with Crippen LogP contribution >= 0.6 is 27.5 Å². The van der Waals surface area contributed by atoms with Crippen LogP contribution in [0.1, 0.15) is 11.3 Å². The molecule has 0 amide bonds. The molecule has 1 aromatic carbocycles. The molecule has 0 fully saturated rings. The summed E-state index contributed by atoms with van der Waals surface area (Å²) in [5, 5.41) is 12.4. The van der Waals surface area contributed by atoms with Gasteiger partial charge in [-0.3, -0.25) is 5.41 Å². The van der Waals surface area contributed by atoms with E-state index in [2.05, 4.69) is 21.0 Å². The van der Waals surface area contributed by atoms with E-state index in [-0.39, 0.29) is 5.84 Å². The lowest BCUT2D eigenvalue weighted by Crippen LogP contribution is -2.13. The van der Waals surface area contributed by atoms with Gasteiger partial charge < -0.3 is 10.5 Å². The Bertz CT molecular complexity index is 653. The maximum atomic E-state index is 7.60. The summed E-state index contributed by atoms with van der Waals surface area (Å²) in [5.41, 5.74) is 6.70. The number of hydrogen-bond acceptors (Lipinski definition) is 3. The molecule has 2 aromatic rings. The summed E-state index contributed by atoms with van der Waals surface area (Å²) >= 11 is 9.25. The average Bonchev–Trinajstić information content (AvgIpc) is 2.57. The molecule has 7 heteroatoms. The van der Waals surface area contributed by atoms with Gasteiger partial charge in [0.05, 0.1) is 10.2 Å². The van der Waals surface area contributed by atoms with E-state index in [9.17, 15) is 0 Å². The van der Waals surface area contributed by atoms with Crippen molar-refractivity contribution < 1.29 is 4.74 Å². The van der Waals surface area contributed by atoms with Crippen molar-refractivity contribution in [1.82, 2.24) is 9.78 Å². The SMILES string of the molecule is Cc1nn(C)c(Oc2ccc(Cl)cc2Br)c1C(=N)N. The minimum atomic E-state index is -0.0781. The Labute approximate surface area is 124 Å². The highest BCUT2D eigenvalue weighted by atomic mass is 79.9. The number of aromatic nitrogens is 2. The van der Waals surface area contributed by atoms with E-state index < -0.39 is 0 Å². The summed E-state index contributed by atoms with van der Waals surface area (Å²) < 4.78 is 8.05. The first kappa shape index (κ1) is 13.9. The van der Waals surface area contributed by atoms with Crippen molar-refractivity contribution in [1.29, 1.82) is 5.41 Å². The molecule has 100 valence electrons. The van der Waals surface area contributed by atoms with Crippen LogP contribution in [0.3, 0.4) is 0 Å². The Kier molecular flexibility index (Phi) is 3.82. The first-order valence-corrected chi connectivity index (χ1v) is 6.58. The molecule has 1 heterocycles. The molecule has 0 aliphatic heterocycles. The van der Waals surface area contributed by atoms with Crippen LogP contribution in [0.15, 0.2) is 22.7 Å². The van der Waals surface area contributed by atoms with E-state index in [1.807, 2.05) is 0 Å². The normalized spacial score (nSPS) is 10.5. The van der Waals surface area contributed by atoms with Gasteiger partial charge in [-0.1, -0.05) is 11.6 Å². The van der Waals surface area contributed by atoms with Gasteiger partial charge in [-0.05, 0) is 41.1 Å². The number of nitrogens with one attached hydrogen (secondary N) is 1. The number of nitrogens with zero attached hydrogens (tertiary/aromatic N) is 2. The third-order valence-corrected chi connectivity index (χ3v) is 3.39. The van der Waals surface area contributed by atoms with Crippen LogP contribution in [0.2, 0.25) is 5.02 Å². The third-order valence-electron chi connectivity index (χ3n) is 2.54. The van der Waals surface area contributed by atoms with Gasteiger partial charge in [0.25, 0.3) is 0 Å². The zero-order valence-electron chi connectivity index (χ0n) is 10.4. The summed E-state index contributed by atoms with van der Waals surface area (Å²) in [6.45, 7) is 1.78. The van der Waals surface area contributed by atoms with Crippen molar-refractivity contribution in [3.8, 4) is 11.6 Å². The number of amidine groups is 1. The molecule has 19 heavy (non-hydrogen) atoms. The fourth-order valence-corrected chi connectivity index (χ4v) is 2.49. The van der Waals surface area contributed by atoms with E-state index in [0.717, 1.165) is 0 Å². The second-order valence-corrected chi connectivity index (χ2v) is 5.27. The molecule has 0 unspecified atom stereocenters. The van der Waals surface area contributed by atoms with Gasteiger partial charge in [-0.25, -0.2) is 4.68 Å². The Morgan fingerprint density at radius 1 is 1.53 bits per heavy atom. The largest absolute Gasteiger partial charge is 0.437 e. The predicted octanol–water partition coefficient (Wildman–Crippen LogP) is 3.22. The molecule has 0 saturated heterocycles. The predicted molar refractivity (Wildman–Crippen MR) is 78.2 cm³/mol. The zero-order chi connectivity index (χ0) is 14.2. The number of aryl methyl sites for hydroxylation is 2. The van der Waals surface area contributed by atoms with Crippen LogP contribution < -0.4 is 10.5 Å². The van der Waals surface area contributed by atoms with Gasteiger partial charge >= 0.3 is 0 Å². The Morgan fingerprint density at radius 2 is 2.21 bits per heavy atom. The smallest absolute Gasteiger partial charge is 0.228 e. The topological polar surface area (TPSA) is 76.9 Å². The standard InChI is InChI=1S/C12H12BrClN4O/c1-6-10(11(15)16)12(18(2)17-6)19-9-4-3-7(14)5-8(9)13/h3-5H,1-2H3,(H3,15,16). The fraction of sp³-hybridized carbons (Fsp3) is 0.167. The van der Waals surface area contributed by atoms with Crippen LogP contribution in [0.5, 0.6) is 11.6 Å². The van der Waals surface area contributed by atoms with Crippen LogP contribution in [-0.4, -0.2) is 15.6 Å². The van der Waals surface area contributed by atoms with Crippen LogP contribution in [0, 0.1) is 12.3 Å². The van der Waals surface area contributed by atoms with E-state index in [1.54, 1.807) is 36.9 Å². The van der Waals surface area contributed by atoms with Crippen molar-refractivity contribution in [3.63, 3.8) is 0 Å². The highest BCUT2D eigenvalue weighted by Crippen LogP contribution is 2.33. The first-order valence-electron chi connectivity index (χ1n) is 5.41. The van der Waals surface area contributed by atoms with Crippen molar-refractivity contribution in [2.24, 2.45) is 12.8 Å². The van der Waals surface area contributed by atoms with Gasteiger partial charge in [0, 0.05) is 12.1 Å². The van der Waals surface area contributed by atoms with Crippen LogP contribution in [0.4, 0.5) is 0 Å². The molecule has 5 nitrogen and oxygen atoms in total. The van der Waals surface area contributed by atoms with E-state index >= 15 is 0 Å². The average molecular weight is 344 g/mol. The van der Waals surface area contributed by atoms with Gasteiger partial charge in [-0.15, -0.1) is 0 Å². The summed E-state index contributed by atoms with van der Waals surface area (Å²) in [5.74, 6) is 0.925. The molecule has 0 atom stereocenters. The molecule has 3 N–H and O–H groups in total. The number of ether oxygens (including phenoxy) is 1. The Morgan fingerprint density at radius 3 is 2.79 bits per heavy atom. The van der Waals surface area contributed by atoms with E-state index in [1.165, 1.54) is 0 Å². The minimum Gasteiger partial charge on any atom is -0.437 e. The molecule has 0 spiro atoms. The maximum absolute atomic E-state index is 7.60. The Hall–Kier alpha value is -1.53. The van der Waals surface area contributed by atoms with Gasteiger partial charge in [0.2, 0.25) is 5.88 Å². The summed E-state index contributed by atoms with van der Waals surface area (Å²) in [4.78, 5) is 0. The monoisotopic (exact) mass is 342 g/mol. The number of halogens is 2. The number of rotatable bonds is 3. The Balaban J connectivity index is 2.46. The lowest BCUT2D eigenvalue weighted by molar-refractivity contribution is 0.427. The second-order valence-electron chi connectivity index (χ2n) is 3.98. The number of hydrogen-bond donors (Lipinski definition) is 2. The molecular weight excluding hydrogens is 332 g/mol. The highest BCUT2D eigenvalue weighted by Gasteiger charge is 2.18. The molecule has 1 aromatic heterocycles. The number of nitrogens with two attached hydrogens (primary N) is 1. The minimum absolute atomic E-state index is 0.0781. The molecule has 0 aliphatic rings. The maximum Gasteiger partial charge on any atom is 0.228 e. The molecule has 0 bridgehead atoms. The van der Waals surface area contributed by atoms with Crippen molar-refractivity contribution in [3.05, 3.63) is 39.0 Å². The quantitative estimate of drug-likeness (QED) is 0.663. The highest BCUT2D eigenvalue weighted by molar-refractivity contribution is 9.10. The lowest BCUT2D eigenvalue weighted by Gasteiger charge is -2.09. The third kappa shape index (κ3) is 2.74. The van der Waals surface area contributed by atoms with Crippen molar-refractivity contribution in [2.75, 3.05) is 0 Å². The summed E-state index contributed by atoms with van der Waals surface area (Å²) in [6.07, 6.45) is 0. The molecular formula is C12H12BrClN4O. The molecule has 0 radical (unpaired) electrons. The molecule has 0 saturated carbocycles. The van der Waals surface area contributed by atoms with Gasteiger partial charge in [0.15, 0.2) is 0 Å². The zero-order valence-corrected chi connectivity index (χ0v) is 12.7.